The average molecular weight is 466 g/mol. The molecule has 1 unspecified atom stereocenters. The van der Waals surface area contributed by atoms with E-state index >= 15 is 0 Å². The summed E-state index contributed by atoms with van der Waals surface area (Å²) in [5.41, 5.74) is 9.18. The molecule has 0 saturated carbocycles. The first-order chi connectivity index (χ1) is 17.2. The van der Waals surface area contributed by atoms with Crippen molar-refractivity contribution in [3.63, 3.8) is 0 Å². The molecule has 0 radical (unpaired) electrons. The number of rotatable bonds is 5. The summed E-state index contributed by atoms with van der Waals surface area (Å²) < 4.78 is 3.52. The summed E-state index contributed by atoms with van der Waals surface area (Å²) in [6.45, 7) is 2.42. The molecule has 1 saturated heterocycles. The van der Waals surface area contributed by atoms with Crippen LogP contribution in [0, 0.1) is 0 Å². The third-order valence-electron chi connectivity index (χ3n) is 6.71. The van der Waals surface area contributed by atoms with Gasteiger partial charge in [-0.05, 0) is 29.9 Å². The molecule has 0 bridgehead atoms. The summed E-state index contributed by atoms with van der Waals surface area (Å²) >= 11 is 0. The van der Waals surface area contributed by atoms with Crippen molar-refractivity contribution in [3.8, 4) is 0 Å². The molecule has 4 heterocycles. The number of aromatic nitrogens is 5. The predicted molar refractivity (Wildman–Crippen MR) is 138 cm³/mol. The van der Waals surface area contributed by atoms with Crippen LogP contribution in [0.1, 0.15) is 24.1 Å². The number of nitrogens with two attached hydrogens (primary N) is 1. The van der Waals surface area contributed by atoms with E-state index in [0.29, 0.717) is 17.6 Å². The summed E-state index contributed by atoms with van der Waals surface area (Å²) in [6, 6.07) is 20.3. The Labute approximate surface area is 202 Å². The fourth-order valence-corrected chi connectivity index (χ4v) is 4.98. The zero-order valence-corrected chi connectivity index (χ0v) is 19.4. The zero-order chi connectivity index (χ0) is 23.8. The summed E-state index contributed by atoms with van der Waals surface area (Å²) in [6.07, 6.45) is 5.47. The number of hydrogen-bond acceptors (Lipinski definition) is 6. The lowest BCUT2D eigenvalue weighted by Gasteiger charge is -2.32. The number of pyridine rings is 1. The van der Waals surface area contributed by atoms with Gasteiger partial charge in [0.1, 0.15) is 11.0 Å². The van der Waals surface area contributed by atoms with Crippen LogP contribution in [0.25, 0.3) is 21.8 Å². The number of fused-ring (bicyclic) bond motifs is 2. The standard InChI is InChI=1S/C27H27N7O/c28-21-10-6-14-32(17-21)27-31-23-15-30-34(18-24-22-11-5-4-9-20(22)12-13-29-24)26(35)25(23)33(27)16-19-7-2-1-3-8-19/h1-5,7-9,11-13,15,21H,6,10,14,16-18,28H2. The van der Waals surface area contributed by atoms with Crippen molar-refractivity contribution < 1.29 is 0 Å². The molecule has 1 aliphatic rings. The van der Waals surface area contributed by atoms with Crippen LogP contribution in [0.4, 0.5) is 5.95 Å². The molecule has 0 amide bonds. The topological polar surface area (TPSA) is 94.9 Å². The van der Waals surface area contributed by atoms with Gasteiger partial charge in [-0.25, -0.2) is 9.67 Å². The molecule has 2 aromatic carbocycles. The van der Waals surface area contributed by atoms with Crippen LogP contribution >= 0.6 is 0 Å². The van der Waals surface area contributed by atoms with Crippen molar-refractivity contribution in [2.75, 3.05) is 18.0 Å². The van der Waals surface area contributed by atoms with Crippen LogP contribution in [0.2, 0.25) is 0 Å². The van der Waals surface area contributed by atoms with Gasteiger partial charge in [-0.3, -0.25) is 9.78 Å². The van der Waals surface area contributed by atoms with Gasteiger partial charge in [0.05, 0.1) is 25.0 Å². The van der Waals surface area contributed by atoms with Gasteiger partial charge in [-0.1, -0.05) is 54.6 Å². The van der Waals surface area contributed by atoms with E-state index in [9.17, 15) is 4.79 Å². The first-order valence-corrected chi connectivity index (χ1v) is 12.0. The van der Waals surface area contributed by atoms with Crippen LogP contribution in [-0.4, -0.2) is 43.4 Å². The van der Waals surface area contributed by atoms with E-state index in [1.807, 2.05) is 53.1 Å². The van der Waals surface area contributed by atoms with Gasteiger partial charge in [-0.2, -0.15) is 5.10 Å². The first-order valence-electron chi connectivity index (χ1n) is 12.0. The maximum absolute atomic E-state index is 13.8. The van der Waals surface area contributed by atoms with Gasteiger partial charge in [0.25, 0.3) is 5.56 Å². The van der Waals surface area contributed by atoms with Gasteiger partial charge >= 0.3 is 0 Å². The summed E-state index contributed by atoms with van der Waals surface area (Å²) in [5.74, 6) is 0.777. The molecule has 35 heavy (non-hydrogen) atoms. The molecule has 2 N–H and O–H groups in total. The van der Waals surface area contributed by atoms with Crippen LogP contribution < -0.4 is 16.2 Å². The molecule has 6 rings (SSSR count). The zero-order valence-electron chi connectivity index (χ0n) is 19.4. The third-order valence-corrected chi connectivity index (χ3v) is 6.71. The van der Waals surface area contributed by atoms with Crippen LogP contribution in [0.3, 0.4) is 0 Å². The molecule has 176 valence electrons. The van der Waals surface area contributed by atoms with Gasteiger partial charge in [0.15, 0.2) is 0 Å². The fraction of sp³-hybridized carbons (Fsp3) is 0.259. The van der Waals surface area contributed by atoms with Gasteiger partial charge in [0, 0.05) is 30.7 Å². The molecule has 5 aromatic rings. The van der Waals surface area contributed by atoms with Gasteiger partial charge in [0.2, 0.25) is 5.95 Å². The molecule has 1 aliphatic heterocycles. The molecule has 8 nitrogen and oxygen atoms in total. The summed E-state index contributed by atoms with van der Waals surface area (Å²) in [5, 5.41) is 6.58. The van der Waals surface area contributed by atoms with Crippen molar-refractivity contribution in [1.82, 2.24) is 24.3 Å². The highest BCUT2D eigenvalue weighted by Crippen LogP contribution is 2.25. The number of piperidine rings is 1. The highest BCUT2D eigenvalue weighted by atomic mass is 16.1. The van der Waals surface area contributed by atoms with Crippen molar-refractivity contribution >= 4 is 27.8 Å². The molecule has 0 aliphatic carbocycles. The minimum Gasteiger partial charge on any atom is -0.341 e. The lowest BCUT2D eigenvalue weighted by Crippen LogP contribution is -2.44. The number of benzene rings is 2. The highest BCUT2D eigenvalue weighted by molar-refractivity contribution is 5.84. The minimum absolute atomic E-state index is 0.0981. The van der Waals surface area contributed by atoms with E-state index in [0.717, 1.165) is 53.9 Å². The Morgan fingerprint density at radius 2 is 1.83 bits per heavy atom. The van der Waals surface area contributed by atoms with Crippen LogP contribution in [-0.2, 0) is 13.1 Å². The Hall–Kier alpha value is -4.04. The van der Waals surface area contributed by atoms with Crippen LogP contribution in [0.5, 0.6) is 0 Å². The van der Waals surface area contributed by atoms with E-state index in [-0.39, 0.29) is 18.1 Å². The second kappa shape index (κ2) is 8.96. The van der Waals surface area contributed by atoms with Crippen molar-refractivity contribution in [2.45, 2.75) is 32.0 Å². The summed E-state index contributed by atoms with van der Waals surface area (Å²) in [7, 11) is 0. The average Bonchev–Trinajstić information content (AvgIpc) is 3.25. The number of anilines is 1. The number of nitrogens with zero attached hydrogens (tertiary/aromatic N) is 6. The van der Waals surface area contributed by atoms with E-state index in [1.165, 1.54) is 4.68 Å². The van der Waals surface area contributed by atoms with E-state index in [4.69, 9.17) is 10.7 Å². The van der Waals surface area contributed by atoms with Crippen molar-refractivity contribution in [3.05, 3.63) is 94.7 Å². The van der Waals surface area contributed by atoms with E-state index in [2.05, 4.69) is 27.1 Å². The molecular weight excluding hydrogens is 438 g/mol. The van der Waals surface area contributed by atoms with Crippen molar-refractivity contribution in [1.29, 1.82) is 0 Å². The molecule has 1 atom stereocenters. The van der Waals surface area contributed by atoms with Gasteiger partial charge in [-0.15, -0.1) is 0 Å². The molecular formula is C27H27N7O. The normalized spacial score (nSPS) is 16.3. The largest absolute Gasteiger partial charge is 0.341 e. The molecule has 1 fully saturated rings. The Morgan fingerprint density at radius 1 is 1.00 bits per heavy atom. The fourth-order valence-electron chi connectivity index (χ4n) is 4.98. The van der Waals surface area contributed by atoms with Gasteiger partial charge < -0.3 is 15.2 Å². The highest BCUT2D eigenvalue weighted by Gasteiger charge is 2.25. The monoisotopic (exact) mass is 465 g/mol. The lowest BCUT2D eigenvalue weighted by molar-refractivity contribution is 0.495. The van der Waals surface area contributed by atoms with Crippen LogP contribution in [0.15, 0.2) is 77.9 Å². The second-order valence-corrected chi connectivity index (χ2v) is 9.15. The Balaban J connectivity index is 1.48. The number of hydrogen-bond donors (Lipinski definition) is 1. The smallest absolute Gasteiger partial charge is 0.293 e. The van der Waals surface area contributed by atoms with E-state index < -0.39 is 0 Å². The number of imidazole rings is 1. The predicted octanol–water partition coefficient (Wildman–Crippen LogP) is 3.17. The maximum atomic E-state index is 13.8. The molecule has 8 heteroatoms. The van der Waals surface area contributed by atoms with E-state index in [1.54, 1.807) is 12.4 Å². The lowest BCUT2D eigenvalue weighted by atomic mass is 10.1. The Morgan fingerprint density at radius 3 is 2.69 bits per heavy atom. The quantitative estimate of drug-likeness (QED) is 0.428. The summed E-state index contributed by atoms with van der Waals surface area (Å²) in [4.78, 5) is 25.4. The maximum Gasteiger partial charge on any atom is 0.293 e. The van der Waals surface area contributed by atoms with Crippen molar-refractivity contribution in [2.24, 2.45) is 5.73 Å². The Kier molecular flexibility index (Phi) is 5.50. The SMILES string of the molecule is NC1CCCN(c2nc3cnn(Cc4nccc5ccccc45)c(=O)c3n2Cc2ccccc2)C1. The third kappa shape index (κ3) is 4.06. The molecule has 3 aromatic heterocycles. The minimum atomic E-state index is -0.173. The Bertz CT molecular complexity index is 1550. The molecule has 0 spiro atoms. The first kappa shape index (κ1) is 21.5. The second-order valence-electron chi connectivity index (χ2n) is 9.15.